The van der Waals surface area contributed by atoms with Gasteiger partial charge < -0.3 is 5.32 Å². The maximum atomic E-state index is 12.2. The van der Waals surface area contributed by atoms with Crippen molar-refractivity contribution in [1.29, 1.82) is 0 Å². The van der Waals surface area contributed by atoms with Gasteiger partial charge in [-0.2, -0.15) is 0 Å². The Morgan fingerprint density at radius 1 is 0.952 bits per heavy atom. The van der Waals surface area contributed by atoms with Crippen LogP contribution in [0.15, 0.2) is 54.6 Å². The Balaban J connectivity index is 2.01. The van der Waals surface area contributed by atoms with Crippen molar-refractivity contribution in [1.82, 2.24) is 5.32 Å². The van der Waals surface area contributed by atoms with E-state index in [2.05, 4.69) is 32.2 Å². The van der Waals surface area contributed by atoms with Crippen LogP contribution in [0.1, 0.15) is 42.3 Å². The third-order valence-electron chi connectivity index (χ3n) is 3.22. The molecular formula is C19H23NO. The molecule has 1 N–H and O–H groups in total. The number of carbonyl (C=O) groups is 1. The second kappa shape index (κ2) is 6.57. The topological polar surface area (TPSA) is 29.1 Å². The van der Waals surface area contributed by atoms with Crippen molar-refractivity contribution in [2.45, 2.75) is 33.7 Å². The van der Waals surface area contributed by atoms with E-state index in [0.29, 0.717) is 6.54 Å². The number of nitrogens with one attached hydrogen (secondary N) is 1. The minimum atomic E-state index is -0.0189. The van der Waals surface area contributed by atoms with E-state index >= 15 is 0 Å². The Morgan fingerprint density at radius 2 is 1.62 bits per heavy atom. The van der Waals surface area contributed by atoms with Gasteiger partial charge in [0.15, 0.2) is 0 Å². The predicted octanol–water partition coefficient (Wildman–Crippen LogP) is 4.21. The van der Waals surface area contributed by atoms with E-state index < -0.39 is 0 Å². The zero-order valence-corrected chi connectivity index (χ0v) is 13.0. The molecule has 2 aromatic rings. The monoisotopic (exact) mass is 281 g/mol. The van der Waals surface area contributed by atoms with Crippen molar-refractivity contribution in [3.8, 4) is 0 Å². The molecule has 0 aromatic heterocycles. The first-order chi connectivity index (χ1) is 9.94. The fourth-order valence-electron chi connectivity index (χ4n) is 2.32. The van der Waals surface area contributed by atoms with Crippen LogP contribution in [0, 0.1) is 5.41 Å². The molecule has 0 aliphatic heterocycles. The van der Waals surface area contributed by atoms with E-state index in [1.165, 1.54) is 5.56 Å². The standard InChI is InChI=1S/C19H23NO/c1-19(2,3)13-16-10-7-11-17(12-16)18(21)20-14-15-8-5-4-6-9-15/h4-12H,13-14H2,1-3H3,(H,20,21). The Kier molecular flexibility index (Phi) is 4.79. The summed E-state index contributed by atoms with van der Waals surface area (Å²) in [5.74, 6) is -0.0189. The molecule has 0 atom stereocenters. The largest absolute Gasteiger partial charge is 0.348 e. The number of benzene rings is 2. The van der Waals surface area contributed by atoms with Gasteiger partial charge in [-0.25, -0.2) is 0 Å². The van der Waals surface area contributed by atoms with Crippen molar-refractivity contribution in [3.63, 3.8) is 0 Å². The van der Waals surface area contributed by atoms with Gasteiger partial charge in [-0.1, -0.05) is 63.2 Å². The van der Waals surface area contributed by atoms with Gasteiger partial charge >= 0.3 is 0 Å². The lowest BCUT2D eigenvalue weighted by atomic mass is 9.87. The molecule has 0 aliphatic rings. The molecule has 2 aromatic carbocycles. The molecule has 0 bridgehead atoms. The van der Waals surface area contributed by atoms with Crippen LogP contribution < -0.4 is 5.32 Å². The summed E-state index contributed by atoms with van der Waals surface area (Å²) in [6, 6.07) is 17.8. The molecule has 0 spiro atoms. The highest BCUT2D eigenvalue weighted by Gasteiger charge is 2.13. The van der Waals surface area contributed by atoms with E-state index in [-0.39, 0.29) is 11.3 Å². The van der Waals surface area contributed by atoms with Crippen molar-refractivity contribution in [2.75, 3.05) is 0 Å². The van der Waals surface area contributed by atoms with Gasteiger partial charge in [0.1, 0.15) is 0 Å². The molecule has 0 radical (unpaired) electrons. The molecule has 0 aliphatic carbocycles. The van der Waals surface area contributed by atoms with Crippen molar-refractivity contribution in [3.05, 3.63) is 71.3 Å². The summed E-state index contributed by atoms with van der Waals surface area (Å²) in [5, 5.41) is 2.97. The molecule has 110 valence electrons. The van der Waals surface area contributed by atoms with Crippen molar-refractivity contribution in [2.24, 2.45) is 5.41 Å². The number of amides is 1. The Labute approximate surface area is 127 Å². The molecule has 0 saturated heterocycles. The summed E-state index contributed by atoms with van der Waals surface area (Å²) in [6.45, 7) is 7.17. The summed E-state index contributed by atoms with van der Waals surface area (Å²) < 4.78 is 0. The summed E-state index contributed by atoms with van der Waals surface area (Å²) in [4.78, 5) is 12.2. The van der Waals surface area contributed by atoms with Crippen LogP contribution in [0.3, 0.4) is 0 Å². The molecule has 1 amide bonds. The van der Waals surface area contributed by atoms with Gasteiger partial charge in [0.2, 0.25) is 0 Å². The van der Waals surface area contributed by atoms with Gasteiger partial charge in [-0.05, 0) is 35.1 Å². The molecule has 0 fully saturated rings. The van der Waals surface area contributed by atoms with Crippen LogP contribution in [0.4, 0.5) is 0 Å². The van der Waals surface area contributed by atoms with Crippen molar-refractivity contribution < 1.29 is 4.79 Å². The fourth-order valence-corrected chi connectivity index (χ4v) is 2.32. The maximum Gasteiger partial charge on any atom is 0.251 e. The van der Waals surface area contributed by atoms with E-state index in [9.17, 15) is 4.79 Å². The highest BCUT2D eigenvalue weighted by atomic mass is 16.1. The zero-order chi connectivity index (χ0) is 15.3. The van der Waals surface area contributed by atoms with Crippen LogP contribution >= 0.6 is 0 Å². The summed E-state index contributed by atoms with van der Waals surface area (Å²) in [6.07, 6.45) is 0.965. The zero-order valence-electron chi connectivity index (χ0n) is 13.0. The summed E-state index contributed by atoms with van der Waals surface area (Å²) in [7, 11) is 0. The van der Waals surface area contributed by atoms with Gasteiger partial charge in [-0.15, -0.1) is 0 Å². The Hall–Kier alpha value is -2.09. The van der Waals surface area contributed by atoms with Crippen LogP contribution in [-0.4, -0.2) is 5.91 Å². The van der Waals surface area contributed by atoms with E-state index in [0.717, 1.165) is 17.5 Å². The van der Waals surface area contributed by atoms with E-state index in [4.69, 9.17) is 0 Å². The first-order valence-corrected chi connectivity index (χ1v) is 7.35. The minimum Gasteiger partial charge on any atom is -0.348 e. The average molecular weight is 281 g/mol. The number of hydrogen-bond acceptors (Lipinski definition) is 1. The van der Waals surface area contributed by atoms with Crippen LogP contribution in [0.2, 0.25) is 0 Å². The quantitative estimate of drug-likeness (QED) is 0.894. The number of hydrogen-bond donors (Lipinski definition) is 1. The van der Waals surface area contributed by atoms with Crippen molar-refractivity contribution >= 4 is 5.91 Å². The first-order valence-electron chi connectivity index (χ1n) is 7.35. The normalized spacial score (nSPS) is 11.2. The van der Waals surface area contributed by atoms with Gasteiger partial charge in [0.05, 0.1) is 0 Å². The maximum absolute atomic E-state index is 12.2. The minimum absolute atomic E-state index is 0.0189. The molecule has 2 rings (SSSR count). The second-order valence-corrected chi connectivity index (χ2v) is 6.61. The molecular weight excluding hydrogens is 258 g/mol. The smallest absolute Gasteiger partial charge is 0.251 e. The molecule has 21 heavy (non-hydrogen) atoms. The van der Waals surface area contributed by atoms with Gasteiger partial charge in [0.25, 0.3) is 5.91 Å². The molecule has 2 heteroatoms. The Morgan fingerprint density at radius 3 is 2.29 bits per heavy atom. The highest BCUT2D eigenvalue weighted by Crippen LogP contribution is 2.21. The average Bonchev–Trinajstić information content (AvgIpc) is 2.44. The molecule has 0 saturated carbocycles. The lowest BCUT2D eigenvalue weighted by Crippen LogP contribution is -2.23. The predicted molar refractivity (Wildman–Crippen MR) is 87.2 cm³/mol. The first kappa shape index (κ1) is 15.3. The third kappa shape index (κ3) is 5.07. The number of carbonyl (C=O) groups excluding carboxylic acids is 1. The lowest BCUT2D eigenvalue weighted by Gasteiger charge is -2.18. The highest BCUT2D eigenvalue weighted by molar-refractivity contribution is 5.94. The molecule has 0 heterocycles. The summed E-state index contributed by atoms with van der Waals surface area (Å²) in [5.41, 5.74) is 3.26. The van der Waals surface area contributed by atoms with Gasteiger partial charge in [0, 0.05) is 12.1 Å². The van der Waals surface area contributed by atoms with Crippen LogP contribution in [0.5, 0.6) is 0 Å². The summed E-state index contributed by atoms with van der Waals surface area (Å²) >= 11 is 0. The number of rotatable bonds is 4. The Bertz CT molecular complexity index is 596. The third-order valence-corrected chi connectivity index (χ3v) is 3.22. The molecule has 2 nitrogen and oxygen atoms in total. The fraction of sp³-hybridized carbons (Fsp3) is 0.316. The molecule has 0 unspecified atom stereocenters. The lowest BCUT2D eigenvalue weighted by molar-refractivity contribution is 0.0950. The van der Waals surface area contributed by atoms with Gasteiger partial charge in [-0.3, -0.25) is 4.79 Å². The SMILES string of the molecule is CC(C)(C)Cc1cccc(C(=O)NCc2ccccc2)c1. The van der Waals surface area contributed by atoms with Crippen LogP contribution in [-0.2, 0) is 13.0 Å². The van der Waals surface area contributed by atoms with E-state index in [1.807, 2.05) is 48.5 Å². The van der Waals surface area contributed by atoms with E-state index in [1.54, 1.807) is 0 Å². The van der Waals surface area contributed by atoms with Crippen LogP contribution in [0.25, 0.3) is 0 Å². The second-order valence-electron chi connectivity index (χ2n) is 6.61.